The van der Waals surface area contributed by atoms with Crippen molar-refractivity contribution in [3.63, 3.8) is 0 Å². The Bertz CT molecular complexity index is 820. The minimum absolute atomic E-state index is 0.387. The molecule has 8 heteroatoms. The zero-order chi connectivity index (χ0) is 16.8. The van der Waals surface area contributed by atoms with Gasteiger partial charge < -0.3 is 5.32 Å². The Hall–Kier alpha value is -2.84. The Morgan fingerprint density at radius 1 is 1.08 bits per heavy atom. The van der Waals surface area contributed by atoms with Crippen LogP contribution in [0.25, 0.3) is 10.7 Å². The normalized spacial score (nSPS) is 10.4. The first kappa shape index (κ1) is 16.0. The summed E-state index contributed by atoms with van der Waals surface area (Å²) < 4.78 is 0. The molecule has 0 saturated heterocycles. The molecule has 0 spiro atoms. The van der Waals surface area contributed by atoms with Crippen molar-refractivity contribution >= 4 is 29.0 Å². The van der Waals surface area contributed by atoms with Gasteiger partial charge in [0.25, 0.3) is 0 Å². The summed E-state index contributed by atoms with van der Waals surface area (Å²) in [7, 11) is 1.84. The molecule has 3 rings (SSSR count). The first-order valence-corrected chi connectivity index (χ1v) is 8.18. The molecule has 0 fully saturated rings. The minimum Gasteiger partial charge on any atom is -0.314 e. The number of thiazole rings is 1. The summed E-state index contributed by atoms with van der Waals surface area (Å²) in [4.78, 5) is 25.0. The lowest BCUT2D eigenvalue weighted by atomic mass is 10.3. The topological polar surface area (TPSA) is 91.8 Å². The number of hydrogen-bond donors (Lipinski definition) is 3. The van der Waals surface area contributed by atoms with E-state index >= 15 is 0 Å². The predicted octanol–water partition coefficient (Wildman–Crippen LogP) is 2.96. The number of hydrogen-bond acceptors (Lipinski definition) is 6. The number of carbonyl (C=O) groups excluding carboxylic acids is 1. The fraction of sp³-hybridized carbons (Fsp3) is 0.125. The molecule has 0 unspecified atom stereocenters. The van der Waals surface area contributed by atoms with E-state index in [2.05, 4.69) is 30.9 Å². The molecule has 7 nitrogen and oxygen atoms in total. The molecule has 0 atom stereocenters. The van der Waals surface area contributed by atoms with Gasteiger partial charge in [0, 0.05) is 18.1 Å². The SMILES string of the molecule is CNCc1cccc(NC(=O)Nc2csc(-c3ccccn3)n2)n1. The van der Waals surface area contributed by atoms with Crippen molar-refractivity contribution in [3.8, 4) is 10.7 Å². The molecule has 0 aliphatic rings. The van der Waals surface area contributed by atoms with Crippen LogP contribution in [0.15, 0.2) is 48.0 Å². The summed E-state index contributed by atoms with van der Waals surface area (Å²) in [5, 5.41) is 10.9. The van der Waals surface area contributed by atoms with Crippen molar-refractivity contribution < 1.29 is 4.79 Å². The molecule has 0 bridgehead atoms. The largest absolute Gasteiger partial charge is 0.326 e. The molecule has 0 aromatic carbocycles. The zero-order valence-corrected chi connectivity index (χ0v) is 13.8. The first-order chi connectivity index (χ1) is 11.7. The number of rotatable bonds is 5. The van der Waals surface area contributed by atoms with E-state index in [1.165, 1.54) is 11.3 Å². The molecule has 3 aromatic rings. The highest BCUT2D eigenvalue weighted by Gasteiger charge is 2.09. The van der Waals surface area contributed by atoms with Crippen molar-refractivity contribution in [2.75, 3.05) is 17.7 Å². The van der Waals surface area contributed by atoms with Gasteiger partial charge in [-0.2, -0.15) is 0 Å². The average molecular weight is 340 g/mol. The number of carbonyl (C=O) groups is 1. The highest BCUT2D eigenvalue weighted by atomic mass is 32.1. The predicted molar refractivity (Wildman–Crippen MR) is 95.0 cm³/mol. The third-order valence-electron chi connectivity index (χ3n) is 3.04. The second-order valence-corrected chi connectivity index (χ2v) is 5.73. The minimum atomic E-state index is -0.387. The van der Waals surface area contributed by atoms with Gasteiger partial charge in [0.2, 0.25) is 0 Å². The third kappa shape index (κ3) is 4.12. The van der Waals surface area contributed by atoms with Gasteiger partial charge in [0.15, 0.2) is 0 Å². The van der Waals surface area contributed by atoms with Gasteiger partial charge in [0.1, 0.15) is 16.6 Å². The fourth-order valence-corrected chi connectivity index (χ4v) is 2.76. The van der Waals surface area contributed by atoms with E-state index in [1.54, 1.807) is 17.6 Å². The second kappa shape index (κ2) is 7.62. The van der Waals surface area contributed by atoms with E-state index in [-0.39, 0.29) is 6.03 Å². The van der Waals surface area contributed by atoms with Gasteiger partial charge in [-0.25, -0.2) is 14.8 Å². The Morgan fingerprint density at radius 2 is 1.96 bits per heavy atom. The number of nitrogens with one attached hydrogen (secondary N) is 3. The molecule has 3 aromatic heterocycles. The van der Waals surface area contributed by atoms with Crippen LogP contribution in [0.5, 0.6) is 0 Å². The summed E-state index contributed by atoms with van der Waals surface area (Å²) in [6.45, 7) is 0.636. The van der Waals surface area contributed by atoms with Gasteiger partial charge in [-0.1, -0.05) is 12.1 Å². The second-order valence-electron chi connectivity index (χ2n) is 4.88. The molecule has 24 heavy (non-hydrogen) atoms. The smallest absolute Gasteiger partial charge is 0.314 e. The first-order valence-electron chi connectivity index (χ1n) is 7.30. The van der Waals surface area contributed by atoms with Crippen LogP contribution in [0.2, 0.25) is 0 Å². The van der Waals surface area contributed by atoms with Crippen molar-refractivity contribution in [1.29, 1.82) is 0 Å². The summed E-state index contributed by atoms with van der Waals surface area (Å²) in [5.74, 6) is 0.963. The van der Waals surface area contributed by atoms with E-state index in [0.29, 0.717) is 18.2 Å². The van der Waals surface area contributed by atoms with E-state index in [0.717, 1.165) is 16.4 Å². The third-order valence-corrected chi connectivity index (χ3v) is 3.90. The lowest BCUT2D eigenvalue weighted by Gasteiger charge is -2.06. The van der Waals surface area contributed by atoms with Gasteiger partial charge in [0.05, 0.1) is 11.4 Å². The van der Waals surface area contributed by atoms with E-state index < -0.39 is 0 Å². The highest BCUT2D eigenvalue weighted by molar-refractivity contribution is 7.13. The Labute approximate surface area is 143 Å². The maximum atomic E-state index is 12.1. The van der Waals surface area contributed by atoms with Crippen molar-refractivity contribution in [2.45, 2.75) is 6.54 Å². The summed E-state index contributed by atoms with van der Waals surface area (Å²) >= 11 is 1.42. The standard InChI is InChI=1S/C16H16N6OS/c1-17-9-11-5-4-7-13(19-11)21-16(23)22-14-10-24-15(20-14)12-6-2-3-8-18-12/h2-8,10,17H,9H2,1H3,(H2,19,21,22,23). The maximum absolute atomic E-state index is 12.1. The quantitative estimate of drug-likeness (QED) is 0.664. The Morgan fingerprint density at radius 3 is 2.75 bits per heavy atom. The van der Waals surface area contributed by atoms with Crippen molar-refractivity contribution in [3.05, 3.63) is 53.7 Å². The lowest BCUT2D eigenvalue weighted by Crippen LogP contribution is -2.20. The molecule has 0 aliphatic carbocycles. The van der Waals surface area contributed by atoms with Crippen LogP contribution in [0, 0.1) is 0 Å². The zero-order valence-electron chi connectivity index (χ0n) is 13.0. The monoisotopic (exact) mass is 340 g/mol. The van der Waals surface area contributed by atoms with Crippen LogP contribution < -0.4 is 16.0 Å². The molecule has 0 aliphatic heterocycles. The molecule has 122 valence electrons. The van der Waals surface area contributed by atoms with Crippen molar-refractivity contribution in [1.82, 2.24) is 20.3 Å². The number of pyridine rings is 2. The van der Waals surface area contributed by atoms with Crippen LogP contribution in [0.4, 0.5) is 16.4 Å². The Balaban J connectivity index is 1.63. The summed E-state index contributed by atoms with van der Waals surface area (Å²) in [5.41, 5.74) is 1.62. The summed E-state index contributed by atoms with van der Waals surface area (Å²) in [6, 6.07) is 10.7. The van der Waals surface area contributed by atoms with E-state index in [9.17, 15) is 4.79 Å². The van der Waals surface area contributed by atoms with Gasteiger partial charge in [-0.05, 0) is 31.3 Å². The number of nitrogens with zero attached hydrogens (tertiary/aromatic N) is 3. The lowest BCUT2D eigenvalue weighted by molar-refractivity contribution is 0.262. The molecule has 2 amide bonds. The molecular weight excluding hydrogens is 324 g/mol. The van der Waals surface area contributed by atoms with E-state index in [1.807, 2.05) is 37.4 Å². The number of urea groups is 1. The van der Waals surface area contributed by atoms with E-state index in [4.69, 9.17) is 0 Å². The summed E-state index contributed by atoms with van der Waals surface area (Å²) in [6.07, 6.45) is 1.71. The highest BCUT2D eigenvalue weighted by Crippen LogP contribution is 2.23. The van der Waals surface area contributed by atoms with Crippen LogP contribution in [-0.4, -0.2) is 28.0 Å². The van der Waals surface area contributed by atoms with Crippen LogP contribution in [0.1, 0.15) is 5.69 Å². The van der Waals surface area contributed by atoms with Gasteiger partial charge in [-0.3, -0.25) is 15.6 Å². The average Bonchev–Trinajstić information content (AvgIpc) is 3.04. The molecular formula is C16H16N6OS. The fourth-order valence-electron chi connectivity index (χ4n) is 2.03. The van der Waals surface area contributed by atoms with Crippen LogP contribution in [0.3, 0.4) is 0 Å². The van der Waals surface area contributed by atoms with Gasteiger partial charge >= 0.3 is 6.03 Å². The van der Waals surface area contributed by atoms with Gasteiger partial charge in [-0.15, -0.1) is 11.3 Å². The number of aromatic nitrogens is 3. The number of amides is 2. The van der Waals surface area contributed by atoms with Crippen LogP contribution in [-0.2, 0) is 6.54 Å². The van der Waals surface area contributed by atoms with Crippen LogP contribution >= 0.6 is 11.3 Å². The van der Waals surface area contributed by atoms with Crippen molar-refractivity contribution in [2.24, 2.45) is 0 Å². The number of anilines is 2. The molecule has 3 heterocycles. The Kier molecular flexibility index (Phi) is 5.09. The molecule has 3 N–H and O–H groups in total. The maximum Gasteiger partial charge on any atom is 0.326 e. The molecule has 0 radical (unpaired) electrons. The molecule has 0 saturated carbocycles.